The lowest BCUT2D eigenvalue weighted by Gasteiger charge is -2.40. The Hall–Kier alpha value is -3.52. The third-order valence-electron chi connectivity index (χ3n) is 5.99. The smallest absolute Gasteiger partial charge is 0.313 e. The van der Waals surface area contributed by atoms with Gasteiger partial charge >= 0.3 is 5.97 Å². The third-order valence-corrected chi connectivity index (χ3v) is 5.99. The second-order valence-corrected chi connectivity index (χ2v) is 8.17. The first kappa shape index (κ1) is 21.7. The predicted octanol–water partition coefficient (Wildman–Crippen LogP) is 2.52. The molecule has 0 radical (unpaired) electrons. The van der Waals surface area contributed by atoms with E-state index in [9.17, 15) is 14.7 Å². The summed E-state index contributed by atoms with van der Waals surface area (Å²) < 4.78 is 16.4. The summed E-state index contributed by atoms with van der Waals surface area (Å²) in [5, 5.41) is 16.8. The average Bonchev–Trinajstić information content (AvgIpc) is 3.15. The van der Waals surface area contributed by atoms with E-state index < -0.39 is 23.4 Å². The Morgan fingerprint density at radius 1 is 1.09 bits per heavy atom. The zero-order valence-corrected chi connectivity index (χ0v) is 18.2. The van der Waals surface area contributed by atoms with E-state index in [2.05, 4.69) is 10.2 Å². The molecule has 0 fully saturated rings. The number of ether oxygens (including phenoxy) is 3. The molecule has 3 N–H and O–H groups in total. The molecule has 168 valence electrons. The Labute approximate surface area is 185 Å². The van der Waals surface area contributed by atoms with Gasteiger partial charge in [0.2, 0.25) is 0 Å². The molecule has 8 heteroatoms. The van der Waals surface area contributed by atoms with Gasteiger partial charge < -0.3 is 24.4 Å². The normalized spacial score (nSPS) is 22.1. The van der Waals surface area contributed by atoms with E-state index in [0.29, 0.717) is 28.3 Å². The van der Waals surface area contributed by atoms with Crippen molar-refractivity contribution < 1.29 is 24.1 Å². The molecule has 2 aromatic carbocycles. The van der Waals surface area contributed by atoms with Crippen LogP contribution in [0.1, 0.15) is 35.2 Å². The van der Waals surface area contributed by atoms with E-state index in [0.717, 1.165) is 5.56 Å². The highest BCUT2D eigenvalue weighted by molar-refractivity contribution is 5.77. The van der Waals surface area contributed by atoms with E-state index in [1.807, 2.05) is 30.3 Å². The van der Waals surface area contributed by atoms with E-state index in [1.54, 1.807) is 25.1 Å². The van der Waals surface area contributed by atoms with Crippen molar-refractivity contribution in [1.29, 1.82) is 0 Å². The molecule has 4 rings (SSSR count). The summed E-state index contributed by atoms with van der Waals surface area (Å²) in [6, 6.07) is 14.5. The molecule has 32 heavy (non-hydrogen) atoms. The van der Waals surface area contributed by atoms with E-state index in [4.69, 9.17) is 14.2 Å². The summed E-state index contributed by atoms with van der Waals surface area (Å²) >= 11 is 0. The molecule has 8 nitrogen and oxygen atoms in total. The number of carbonyl (C=O) groups excluding carboxylic acids is 1. The molecule has 0 saturated carbocycles. The number of H-pyrrole nitrogens is 2. The van der Waals surface area contributed by atoms with Crippen LogP contribution >= 0.6 is 0 Å². The van der Waals surface area contributed by atoms with Gasteiger partial charge in [0, 0.05) is 23.6 Å². The quantitative estimate of drug-likeness (QED) is 0.510. The molecule has 0 unspecified atom stereocenters. The van der Waals surface area contributed by atoms with Crippen LogP contribution in [0.5, 0.6) is 11.5 Å². The van der Waals surface area contributed by atoms with E-state index in [1.165, 1.54) is 14.2 Å². The second-order valence-electron chi connectivity index (χ2n) is 8.17. The molecule has 3 atom stereocenters. The highest BCUT2D eigenvalue weighted by Crippen LogP contribution is 2.46. The second kappa shape index (κ2) is 8.55. The van der Waals surface area contributed by atoms with Crippen LogP contribution in [0.25, 0.3) is 0 Å². The minimum absolute atomic E-state index is 0.0707. The highest BCUT2D eigenvalue weighted by Gasteiger charge is 2.51. The summed E-state index contributed by atoms with van der Waals surface area (Å²) in [6.45, 7) is 1.66. The van der Waals surface area contributed by atoms with Gasteiger partial charge in [-0.3, -0.25) is 14.7 Å². The van der Waals surface area contributed by atoms with E-state index >= 15 is 0 Å². The fraction of sp³-hybridized carbons (Fsp3) is 0.333. The van der Waals surface area contributed by atoms with Crippen LogP contribution in [0.2, 0.25) is 0 Å². The molecule has 0 amide bonds. The first-order chi connectivity index (χ1) is 15.4. The third kappa shape index (κ3) is 3.89. The topological polar surface area (TPSA) is 114 Å². The van der Waals surface area contributed by atoms with Crippen LogP contribution in [0, 0.1) is 5.92 Å². The van der Waals surface area contributed by atoms with Crippen molar-refractivity contribution in [2.45, 2.75) is 31.5 Å². The largest absolute Gasteiger partial charge is 0.493 e. The zero-order chi connectivity index (χ0) is 22.9. The number of hydrogen-bond donors (Lipinski definition) is 3. The van der Waals surface area contributed by atoms with Gasteiger partial charge in [0.1, 0.15) is 6.61 Å². The van der Waals surface area contributed by atoms with E-state index in [-0.39, 0.29) is 18.6 Å². The monoisotopic (exact) mass is 438 g/mol. The summed E-state index contributed by atoms with van der Waals surface area (Å²) in [4.78, 5) is 26.0. The molecule has 0 spiro atoms. The molecule has 0 saturated heterocycles. The van der Waals surface area contributed by atoms with Crippen LogP contribution in [0.15, 0.2) is 53.3 Å². The fourth-order valence-electron chi connectivity index (χ4n) is 4.48. The number of aliphatic hydroxyl groups is 1. The first-order valence-corrected chi connectivity index (χ1v) is 10.3. The van der Waals surface area contributed by atoms with Crippen LogP contribution in [-0.4, -0.2) is 41.1 Å². The molecular weight excluding hydrogens is 412 g/mol. The summed E-state index contributed by atoms with van der Waals surface area (Å²) in [5.74, 6) is -1.35. The van der Waals surface area contributed by atoms with Crippen molar-refractivity contribution in [1.82, 2.24) is 10.2 Å². The molecule has 1 heterocycles. The number of nitrogens with one attached hydrogen (secondary N) is 2. The van der Waals surface area contributed by atoms with Gasteiger partial charge in [-0.05, 0) is 30.2 Å². The minimum Gasteiger partial charge on any atom is -0.493 e. The lowest BCUT2D eigenvalue weighted by Crippen LogP contribution is -2.50. The number of esters is 1. The standard InChI is InChI=1S/C24H26N2O6/c1-24(29)12-16-20(22(27)26-25-16)19(15-9-10-17(30-2)18(11-15)31-3)21(24)23(28)32-13-14-7-5-4-6-8-14/h4-11,19,21,29H,12-13H2,1-3H3,(H2,25,26,27)/t19-,21+,24+/m1/s1. The number of fused-ring (bicyclic) bond motifs is 1. The van der Waals surface area contributed by atoms with Crippen LogP contribution in [-0.2, 0) is 22.6 Å². The van der Waals surface area contributed by atoms with Gasteiger partial charge in [-0.15, -0.1) is 0 Å². The lowest BCUT2D eigenvalue weighted by molar-refractivity contribution is -0.161. The van der Waals surface area contributed by atoms with Crippen molar-refractivity contribution in [3.63, 3.8) is 0 Å². The summed E-state index contributed by atoms with van der Waals surface area (Å²) in [5.41, 5.74) is 0.646. The number of benzene rings is 2. The first-order valence-electron chi connectivity index (χ1n) is 10.3. The van der Waals surface area contributed by atoms with Crippen LogP contribution in [0.4, 0.5) is 0 Å². The van der Waals surface area contributed by atoms with Gasteiger partial charge in [0.15, 0.2) is 11.5 Å². The number of methoxy groups -OCH3 is 2. The maximum absolute atomic E-state index is 13.3. The van der Waals surface area contributed by atoms with Crippen molar-refractivity contribution >= 4 is 5.97 Å². The Bertz CT molecular complexity index is 1160. The van der Waals surface area contributed by atoms with Gasteiger partial charge in [0.05, 0.1) is 25.7 Å². The summed E-state index contributed by atoms with van der Waals surface area (Å²) in [6.07, 6.45) is 0.107. The van der Waals surface area contributed by atoms with Crippen molar-refractivity contribution in [2.75, 3.05) is 14.2 Å². The molecule has 1 aromatic heterocycles. The number of carbonyl (C=O) groups is 1. The van der Waals surface area contributed by atoms with Crippen molar-refractivity contribution in [3.8, 4) is 11.5 Å². The predicted molar refractivity (Wildman–Crippen MR) is 117 cm³/mol. The van der Waals surface area contributed by atoms with Crippen molar-refractivity contribution in [2.24, 2.45) is 5.92 Å². The average molecular weight is 438 g/mol. The molecular formula is C24H26N2O6. The number of rotatable bonds is 6. The Kier molecular flexibility index (Phi) is 5.80. The maximum atomic E-state index is 13.3. The zero-order valence-electron chi connectivity index (χ0n) is 18.2. The Balaban J connectivity index is 1.78. The molecule has 1 aliphatic carbocycles. The number of aromatic amines is 2. The van der Waals surface area contributed by atoms with Gasteiger partial charge in [-0.1, -0.05) is 36.4 Å². The number of aromatic nitrogens is 2. The molecule has 1 aliphatic rings. The van der Waals surface area contributed by atoms with Crippen LogP contribution < -0.4 is 15.0 Å². The molecule has 0 bridgehead atoms. The number of hydrogen-bond acceptors (Lipinski definition) is 6. The minimum atomic E-state index is -1.45. The fourth-order valence-corrected chi connectivity index (χ4v) is 4.48. The van der Waals surface area contributed by atoms with Crippen molar-refractivity contribution in [3.05, 3.63) is 81.3 Å². The van der Waals surface area contributed by atoms with Gasteiger partial charge in [0.25, 0.3) is 5.56 Å². The Morgan fingerprint density at radius 3 is 2.50 bits per heavy atom. The molecule has 3 aromatic rings. The van der Waals surface area contributed by atoms with Gasteiger partial charge in [-0.25, -0.2) is 0 Å². The lowest BCUT2D eigenvalue weighted by atomic mass is 9.66. The van der Waals surface area contributed by atoms with Crippen LogP contribution in [0.3, 0.4) is 0 Å². The SMILES string of the molecule is COc1ccc([C@@H]2c3c([nH][nH]c3=O)C[C@](C)(O)[C@@H]2C(=O)OCc2ccccc2)cc1OC. The highest BCUT2D eigenvalue weighted by atomic mass is 16.5. The Morgan fingerprint density at radius 2 is 1.81 bits per heavy atom. The summed E-state index contributed by atoms with van der Waals surface area (Å²) in [7, 11) is 3.04. The molecule has 0 aliphatic heterocycles. The maximum Gasteiger partial charge on any atom is 0.313 e. The van der Waals surface area contributed by atoms with Gasteiger partial charge in [-0.2, -0.15) is 0 Å².